The number of hydrogen-bond acceptors (Lipinski definition) is 4. The van der Waals surface area contributed by atoms with E-state index < -0.39 is 16.9 Å². The lowest BCUT2D eigenvalue weighted by molar-refractivity contribution is -0.151. The van der Waals surface area contributed by atoms with Crippen LogP contribution in [-0.4, -0.2) is 21.8 Å². The zero-order chi connectivity index (χ0) is 13.3. The molecule has 0 aromatic carbocycles. The molecule has 1 rings (SSSR count). The highest BCUT2D eigenvalue weighted by molar-refractivity contribution is 5.75. The number of carboxylic acids is 1. The summed E-state index contributed by atoms with van der Waals surface area (Å²) in [5.74, 6) is -0.125. The second kappa shape index (κ2) is 4.49. The van der Waals surface area contributed by atoms with Gasteiger partial charge >= 0.3 is 5.97 Å². The third-order valence-corrected chi connectivity index (χ3v) is 3.48. The Morgan fingerprint density at radius 1 is 1.47 bits per heavy atom. The van der Waals surface area contributed by atoms with Gasteiger partial charge in [-0.05, 0) is 34.6 Å². The first-order valence-electron chi connectivity index (χ1n) is 5.57. The summed E-state index contributed by atoms with van der Waals surface area (Å²) in [4.78, 5) is 11.2. The maximum absolute atomic E-state index is 11.2. The topological polar surface area (TPSA) is 75.4 Å². The highest BCUT2D eigenvalue weighted by Gasteiger charge is 2.43. The van der Waals surface area contributed by atoms with Crippen LogP contribution in [0.2, 0.25) is 0 Å². The number of nitrogens with zero attached hydrogens (tertiary/aromatic N) is 1. The van der Waals surface area contributed by atoms with Crippen LogP contribution in [0.5, 0.6) is 0 Å². The van der Waals surface area contributed by atoms with E-state index in [1.54, 1.807) is 13.8 Å². The second-order valence-electron chi connectivity index (χ2n) is 5.34. The van der Waals surface area contributed by atoms with E-state index in [9.17, 15) is 9.90 Å². The second-order valence-corrected chi connectivity index (χ2v) is 5.34. The molecule has 5 nitrogen and oxygen atoms in total. The maximum Gasteiger partial charge on any atom is 0.310 e. The van der Waals surface area contributed by atoms with Gasteiger partial charge in [0.1, 0.15) is 0 Å². The third kappa shape index (κ3) is 2.85. The van der Waals surface area contributed by atoms with E-state index in [4.69, 9.17) is 4.52 Å². The number of hydrogen-bond donors (Lipinski definition) is 2. The quantitative estimate of drug-likeness (QED) is 0.822. The average Bonchev–Trinajstić information content (AvgIpc) is 2.61. The molecule has 0 unspecified atom stereocenters. The van der Waals surface area contributed by atoms with E-state index in [0.29, 0.717) is 12.3 Å². The highest BCUT2D eigenvalue weighted by Crippen LogP contribution is 2.30. The van der Waals surface area contributed by atoms with Crippen molar-refractivity contribution in [2.24, 2.45) is 5.41 Å². The fourth-order valence-electron chi connectivity index (χ4n) is 1.30. The molecule has 1 aromatic heterocycles. The fraction of sp³-hybridized carbons (Fsp3) is 0.667. The minimum absolute atomic E-state index is 0.463. The van der Waals surface area contributed by atoms with E-state index in [-0.39, 0.29) is 0 Å². The number of rotatable bonds is 5. The maximum atomic E-state index is 11.2. The highest BCUT2D eigenvalue weighted by atomic mass is 16.5. The Morgan fingerprint density at radius 2 is 2.06 bits per heavy atom. The summed E-state index contributed by atoms with van der Waals surface area (Å²) in [6, 6.07) is 1.83. The number of carboxylic acid groups (broad SMARTS) is 1. The van der Waals surface area contributed by atoms with E-state index in [2.05, 4.69) is 10.5 Å². The lowest BCUT2D eigenvalue weighted by Crippen LogP contribution is -2.54. The number of aromatic nitrogens is 1. The minimum Gasteiger partial charge on any atom is -0.481 e. The van der Waals surface area contributed by atoms with Crippen molar-refractivity contribution in [2.45, 2.75) is 46.7 Å². The van der Waals surface area contributed by atoms with Crippen LogP contribution in [0.1, 0.15) is 39.1 Å². The first kappa shape index (κ1) is 13.7. The van der Waals surface area contributed by atoms with Gasteiger partial charge in [0.15, 0.2) is 5.76 Å². The van der Waals surface area contributed by atoms with Crippen molar-refractivity contribution in [3.05, 3.63) is 17.5 Å². The van der Waals surface area contributed by atoms with Crippen LogP contribution in [0.15, 0.2) is 10.6 Å². The first-order valence-corrected chi connectivity index (χ1v) is 5.57. The van der Waals surface area contributed by atoms with E-state index >= 15 is 0 Å². The van der Waals surface area contributed by atoms with Gasteiger partial charge in [-0.1, -0.05) is 5.16 Å². The molecule has 1 heterocycles. The van der Waals surface area contributed by atoms with E-state index in [1.165, 1.54) is 0 Å². The molecule has 17 heavy (non-hydrogen) atoms. The molecule has 0 spiro atoms. The van der Waals surface area contributed by atoms with Crippen molar-refractivity contribution in [1.82, 2.24) is 10.5 Å². The Balaban J connectivity index is 2.70. The van der Waals surface area contributed by atoms with Gasteiger partial charge in [0.25, 0.3) is 0 Å². The smallest absolute Gasteiger partial charge is 0.310 e. The average molecular weight is 240 g/mol. The van der Waals surface area contributed by atoms with Gasteiger partial charge in [0.05, 0.1) is 17.7 Å². The summed E-state index contributed by atoms with van der Waals surface area (Å²) in [5.41, 5.74) is -0.612. The molecule has 0 fully saturated rings. The molecule has 0 amide bonds. The molecular weight excluding hydrogens is 220 g/mol. The molecule has 0 aliphatic carbocycles. The zero-order valence-electron chi connectivity index (χ0n) is 11.0. The molecule has 0 saturated carbocycles. The standard InChI is InChI=1S/C12H20N2O3/c1-8-6-9(17-14-8)7-13-12(4,5)11(2,3)10(15)16/h6,13H,7H2,1-5H3,(H,15,16). The van der Waals surface area contributed by atoms with Gasteiger partial charge in [-0.15, -0.1) is 0 Å². The number of nitrogens with one attached hydrogen (secondary N) is 1. The number of aliphatic carboxylic acids is 1. The molecule has 5 heteroatoms. The van der Waals surface area contributed by atoms with Gasteiger partial charge in [-0.2, -0.15) is 0 Å². The van der Waals surface area contributed by atoms with Crippen molar-refractivity contribution in [2.75, 3.05) is 0 Å². The first-order chi connectivity index (χ1) is 7.67. The number of aryl methyl sites for hydroxylation is 1. The molecule has 2 N–H and O–H groups in total. The Morgan fingerprint density at radius 3 is 2.47 bits per heavy atom. The van der Waals surface area contributed by atoms with Crippen LogP contribution in [-0.2, 0) is 11.3 Å². The van der Waals surface area contributed by atoms with Gasteiger partial charge in [-0.3, -0.25) is 4.79 Å². The summed E-state index contributed by atoms with van der Waals surface area (Å²) in [7, 11) is 0. The Labute approximate surface area is 101 Å². The van der Waals surface area contributed by atoms with Crippen molar-refractivity contribution >= 4 is 5.97 Å². The monoisotopic (exact) mass is 240 g/mol. The van der Waals surface area contributed by atoms with Crippen molar-refractivity contribution in [3.8, 4) is 0 Å². The lowest BCUT2D eigenvalue weighted by atomic mass is 9.74. The molecule has 0 aliphatic rings. The van der Waals surface area contributed by atoms with Crippen LogP contribution in [0, 0.1) is 12.3 Å². The van der Waals surface area contributed by atoms with Crippen LogP contribution in [0.3, 0.4) is 0 Å². The molecule has 0 radical (unpaired) electrons. The molecule has 0 saturated heterocycles. The summed E-state index contributed by atoms with van der Waals surface area (Å²) >= 11 is 0. The SMILES string of the molecule is Cc1cc(CNC(C)(C)C(C)(C)C(=O)O)on1. The van der Waals surface area contributed by atoms with Crippen molar-refractivity contribution in [3.63, 3.8) is 0 Å². The van der Waals surface area contributed by atoms with Crippen LogP contribution in [0.4, 0.5) is 0 Å². The predicted molar refractivity (Wildman–Crippen MR) is 63.6 cm³/mol. The summed E-state index contributed by atoms with van der Waals surface area (Å²) in [6.07, 6.45) is 0. The zero-order valence-corrected chi connectivity index (χ0v) is 11.0. The van der Waals surface area contributed by atoms with Crippen molar-refractivity contribution < 1.29 is 14.4 Å². The molecule has 0 atom stereocenters. The van der Waals surface area contributed by atoms with Crippen LogP contribution < -0.4 is 5.32 Å². The third-order valence-electron chi connectivity index (χ3n) is 3.48. The summed E-state index contributed by atoms with van der Waals surface area (Å²) in [5, 5.41) is 16.2. The summed E-state index contributed by atoms with van der Waals surface area (Å²) < 4.78 is 5.07. The van der Waals surface area contributed by atoms with Crippen molar-refractivity contribution in [1.29, 1.82) is 0 Å². The van der Waals surface area contributed by atoms with Gasteiger partial charge < -0.3 is 14.9 Å². The normalized spacial score (nSPS) is 12.8. The largest absolute Gasteiger partial charge is 0.481 e. The fourth-order valence-corrected chi connectivity index (χ4v) is 1.30. The van der Waals surface area contributed by atoms with E-state index in [0.717, 1.165) is 5.69 Å². The van der Waals surface area contributed by atoms with E-state index in [1.807, 2.05) is 26.8 Å². The number of carbonyl (C=O) groups is 1. The van der Waals surface area contributed by atoms with Crippen LogP contribution in [0.25, 0.3) is 0 Å². The van der Waals surface area contributed by atoms with Gasteiger partial charge in [0, 0.05) is 11.6 Å². The Hall–Kier alpha value is -1.36. The molecule has 1 aromatic rings. The molecule has 0 aliphatic heterocycles. The minimum atomic E-state index is -0.873. The summed E-state index contributed by atoms with van der Waals surface area (Å²) in [6.45, 7) is 9.44. The molecule has 0 bridgehead atoms. The van der Waals surface area contributed by atoms with Crippen LogP contribution >= 0.6 is 0 Å². The Kier molecular flexibility index (Phi) is 3.62. The Bertz CT molecular complexity index is 408. The molecule has 96 valence electrons. The predicted octanol–water partition coefficient (Wildman–Crippen LogP) is 1.96. The van der Waals surface area contributed by atoms with Gasteiger partial charge in [0.2, 0.25) is 0 Å². The van der Waals surface area contributed by atoms with Gasteiger partial charge in [-0.25, -0.2) is 0 Å². The molecular formula is C12H20N2O3. The lowest BCUT2D eigenvalue weighted by Gasteiger charge is -2.38.